The minimum absolute atomic E-state index is 0.129. The highest BCUT2D eigenvalue weighted by molar-refractivity contribution is 6.30. The number of anilines is 4. The predicted molar refractivity (Wildman–Crippen MR) is 170 cm³/mol. The van der Waals surface area contributed by atoms with Crippen LogP contribution in [0.25, 0.3) is 11.3 Å². The minimum Gasteiger partial charge on any atom is -0.465 e. The summed E-state index contributed by atoms with van der Waals surface area (Å²) in [5, 5.41) is 15.3. The van der Waals surface area contributed by atoms with E-state index in [0.717, 1.165) is 26.2 Å². The quantitative estimate of drug-likeness (QED) is 0.282. The molecule has 0 aliphatic carbocycles. The Morgan fingerprint density at radius 3 is 2.71 bits per heavy atom. The molecule has 0 saturated carbocycles. The van der Waals surface area contributed by atoms with E-state index in [0.29, 0.717) is 54.0 Å². The zero-order chi connectivity index (χ0) is 32.0. The monoisotopic (exact) mass is 640 g/mol. The van der Waals surface area contributed by atoms with Crippen LogP contribution in [0.3, 0.4) is 0 Å². The molecule has 1 unspecified atom stereocenters. The molecule has 14 heteroatoms. The van der Waals surface area contributed by atoms with Gasteiger partial charge in [-0.1, -0.05) is 11.6 Å². The van der Waals surface area contributed by atoms with Gasteiger partial charge in [-0.25, -0.2) is 9.37 Å². The number of amides is 1. The molecule has 2 aromatic heterocycles. The first-order valence-electron chi connectivity index (χ1n) is 14.8. The van der Waals surface area contributed by atoms with Crippen molar-refractivity contribution in [1.29, 1.82) is 0 Å². The Morgan fingerprint density at radius 2 is 1.98 bits per heavy atom. The summed E-state index contributed by atoms with van der Waals surface area (Å²) in [4.78, 5) is 36.1. The Hall–Kier alpha value is -3.91. The van der Waals surface area contributed by atoms with Crippen LogP contribution < -0.4 is 15.5 Å². The van der Waals surface area contributed by atoms with Crippen molar-refractivity contribution in [3.8, 4) is 11.3 Å². The number of nitrogens with zero attached hydrogens (tertiary/aromatic N) is 6. The van der Waals surface area contributed by atoms with Gasteiger partial charge >= 0.3 is 5.97 Å². The number of hydrogen-bond acceptors (Lipinski definition) is 11. The third-order valence-corrected chi connectivity index (χ3v) is 8.34. The zero-order valence-corrected chi connectivity index (χ0v) is 26.4. The molecule has 2 saturated heterocycles. The lowest BCUT2D eigenvalue weighted by Crippen LogP contribution is -2.45. The minimum atomic E-state index is -0.877. The number of nitrogens with one attached hydrogen (secondary N) is 2. The van der Waals surface area contributed by atoms with Gasteiger partial charge in [0.15, 0.2) is 5.82 Å². The molecular formula is C31H38ClFN8O4. The largest absolute Gasteiger partial charge is 0.465 e. The predicted octanol–water partition coefficient (Wildman–Crippen LogP) is 3.67. The van der Waals surface area contributed by atoms with E-state index in [-0.39, 0.29) is 36.3 Å². The lowest BCUT2D eigenvalue weighted by molar-refractivity contribution is -0.148. The highest BCUT2D eigenvalue weighted by Gasteiger charge is 2.46. The third kappa shape index (κ3) is 8.03. The molecule has 2 aliphatic rings. The topological polar surface area (TPSA) is 125 Å². The van der Waals surface area contributed by atoms with Gasteiger partial charge in [0.25, 0.3) is 0 Å². The number of benzene rings is 1. The van der Waals surface area contributed by atoms with Crippen molar-refractivity contribution in [3.05, 3.63) is 53.4 Å². The van der Waals surface area contributed by atoms with Crippen LogP contribution in [0.5, 0.6) is 0 Å². The van der Waals surface area contributed by atoms with Crippen molar-refractivity contribution in [1.82, 2.24) is 25.0 Å². The number of esters is 1. The summed E-state index contributed by atoms with van der Waals surface area (Å²) in [5.74, 6) is -0.173. The van der Waals surface area contributed by atoms with Crippen LogP contribution in [0.4, 0.5) is 27.4 Å². The van der Waals surface area contributed by atoms with Crippen LogP contribution in [-0.2, 0) is 19.1 Å². The molecular weight excluding hydrogens is 603 g/mol. The maximum Gasteiger partial charge on any atom is 0.316 e. The number of piperazine rings is 1. The maximum absolute atomic E-state index is 14.8. The van der Waals surface area contributed by atoms with Crippen LogP contribution in [-0.4, -0.2) is 111 Å². The first kappa shape index (κ1) is 32.5. The highest BCUT2D eigenvalue weighted by atomic mass is 35.5. The van der Waals surface area contributed by atoms with Gasteiger partial charge < -0.3 is 34.8 Å². The number of pyridine rings is 1. The van der Waals surface area contributed by atoms with E-state index in [1.807, 2.05) is 0 Å². The Balaban J connectivity index is 1.38. The number of carbonyl (C=O) groups excluding carboxylic acids is 2. The van der Waals surface area contributed by atoms with E-state index < -0.39 is 11.2 Å². The molecule has 5 rings (SSSR count). The van der Waals surface area contributed by atoms with Gasteiger partial charge in [0.1, 0.15) is 17.1 Å². The standard InChI is InChI=1S/C31H38ClFN8O4/c1-39-11-13-41(14-12-39)10-7-28(42)36-27-17-22(6-9-34-27)35-26-18-25(23-16-21(32)4-5-24(23)33)37-38-29(26)40(2)19-31(20-44-3)8-15-45-30(31)43/h4-6,9,16-18H,7-8,10-15,19-20H2,1-3H3,(H2,34,35,36,37,42). The van der Waals surface area contributed by atoms with Crippen molar-refractivity contribution in [2.75, 3.05) is 89.2 Å². The Bertz CT molecular complexity index is 1520. The Kier molecular flexibility index (Phi) is 10.4. The summed E-state index contributed by atoms with van der Waals surface area (Å²) in [7, 11) is 5.43. The maximum atomic E-state index is 14.8. The molecule has 3 aromatic rings. The average Bonchev–Trinajstić information content (AvgIpc) is 3.37. The lowest BCUT2D eigenvalue weighted by atomic mass is 9.87. The van der Waals surface area contributed by atoms with Crippen molar-refractivity contribution in [2.24, 2.45) is 5.41 Å². The number of aromatic nitrogens is 3. The van der Waals surface area contributed by atoms with Gasteiger partial charge in [-0.05, 0) is 37.4 Å². The van der Waals surface area contributed by atoms with E-state index in [9.17, 15) is 14.0 Å². The van der Waals surface area contributed by atoms with Crippen molar-refractivity contribution < 1.29 is 23.5 Å². The molecule has 1 aromatic carbocycles. The summed E-state index contributed by atoms with van der Waals surface area (Å²) >= 11 is 6.16. The van der Waals surface area contributed by atoms with Crippen molar-refractivity contribution in [2.45, 2.75) is 12.8 Å². The lowest BCUT2D eigenvalue weighted by Gasteiger charge is -2.32. The molecule has 1 atom stereocenters. The third-order valence-electron chi connectivity index (χ3n) is 8.11. The van der Waals surface area contributed by atoms with Gasteiger partial charge in [-0.2, -0.15) is 0 Å². The first-order chi connectivity index (χ1) is 21.7. The van der Waals surface area contributed by atoms with Gasteiger partial charge in [0.2, 0.25) is 5.91 Å². The fourth-order valence-corrected chi connectivity index (χ4v) is 5.75. The number of hydrogen-bond donors (Lipinski definition) is 2. The average molecular weight is 641 g/mol. The number of likely N-dealkylation sites (N-methyl/N-ethyl adjacent to an activating group) is 1. The molecule has 0 radical (unpaired) electrons. The van der Waals surface area contributed by atoms with Crippen molar-refractivity contribution >= 4 is 46.5 Å². The van der Waals surface area contributed by atoms with E-state index in [2.05, 4.69) is 42.7 Å². The normalized spacial score (nSPS) is 18.9. The second kappa shape index (κ2) is 14.5. The zero-order valence-electron chi connectivity index (χ0n) is 25.7. The van der Waals surface area contributed by atoms with E-state index in [1.54, 1.807) is 43.5 Å². The highest BCUT2D eigenvalue weighted by Crippen LogP contribution is 2.36. The number of methoxy groups -OCH3 is 1. The number of rotatable bonds is 12. The van der Waals surface area contributed by atoms with Crippen molar-refractivity contribution in [3.63, 3.8) is 0 Å². The Morgan fingerprint density at radius 1 is 1.18 bits per heavy atom. The van der Waals surface area contributed by atoms with Gasteiger partial charge in [0.05, 0.1) is 24.6 Å². The van der Waals surface area contributed by atoms with Crippen LogP contribution in [0.2, 0.25) is 5.02 Å². The van der Waals surface area contributed by atoms with E-state index >= 15 is 0 Å². The van der Waals surface area contributed by atoms with E-state index in [1.165, 1.54) is 18.2 Å². The number of cyclic esters (lactones) is 1. The first-order valence-corrected chi connectivity index (χ1v) is 15.2. The summed E-state index contributed by atoms with van der Waals surface area (Å²) in [6.45, 7) is 5.26. The summed E-state index contributed by atoms with van der Waals surface area (Å²) in [6.07, 6.45) is 2.43. The van der Waals surface area contributed by atoms with Crippen LogP contribution in [0.15, 0.2) is 42.6 Å². The van der Waals surface area contributed by atoms with Gasteiger partial charge in [-0.3, -0.25) is 9.59 Å². The second-order valence-corrected chi connectivity index (χ2v) is 12.0. The molecule has 0 spiro atoms. The number of halogens is 2. The molecule has 45 heavy (non-hydrogen) atoms. The van der Waals surface area contributed by atoms with Crippen LogP contribution >= 0.6 is 11.6 Å². The fraction of sp³-hybridized carbons (Fsp3) is 0.452. The summed E-state index contributed by atoms with van der Waals surface area (Å²) in [5.41, 5.74) is 0.655. The van der Waals surface area contributed by atoms with E-state index in [4.69, 9.17) is 21.1 Å². The summed E-state index contributed by atoms with van der Waals surface area (Å²) < 4.78 is 25.5. The molecule has 2 aliphatic heterocycles. The molecule has 240 valence electrons. The molecule has 12 nitrogen and oxygen atoms in total. The summed E-state index contributed by atoms with van der Waals surface area (Å²) in [6, 6.07) is 9.33. The second-order valence-electron chi connectivity index (χ2n) is 11.5. The molecule has 2 N–H and O–H groups in total. The fourth-order valence-electron chi connectivity index (χ4n) is 5.57. The molecule has 2 fully saturated rings. The van der Waals surface area contributed by atoms with Crippen LogP contribution in [0, 0.1) is 11.2 Å². The molecule has 4 heterocycles. The molecule has 1 amide bonds. The smallest absolute Gasteiger partial charge is 0.316 e. The van der Waals surface area contributed by atoms with Gasteiger partial charge in [-0.15, -0.1) is 10.2 Å². The molecule has 0 bridgehead atoms. The van der Waals surface area contributed by atoms with Gasteiger partial charge in [0, 0.05) is 94.8 Å². The number of ether oxygens (including phenoxy) is 2. The SMILES string of the molecule is COCC1(CN(C)c2nnc(-c3cc(Cl)ccc3F)cc2Nc2ccnc(NC(=O)CCN3CCN(C)CC3)c2)CCOC1=O. The number of carbonyl (C=O) groups is 2. The Labute approximate surface area is 266 Å². The van der Waals surface area contributed by atoms with Crippen LogP contribution in [0.1, 0.15) is 12.8 Å².